The Balaban J connectivity index is 1.82. The van der Waals surface area contributed by atoms with Crippen LogP contribution in [0.2, 0.25) is 10.0 Å². The Morgan fingerprint density at radius 1 is 1.00 bits per heavy atom. The van der Waals surface area contributed by atoms with Gasteiger partial charge in [-0.3, -0.25) is 4.79 Å². The first-order chi connectivity index (χ1) is 13.9. The van der Waals surface area contributed by atoms with Crippen LogP contribution in [-0.4, -0.2) is 25.2 Å². The fourth-order valence-electron chi connectivity index (χ4n) is 2.62. The molecule has 3 rings (SSSR count). The molecule has 1 aromatic heterocycles. The average molecular weight is 453 g/mol. The van der Waals surface area contributed by atoms with Crippen molar-refractivity contribution in [1.29, 1.82) is 0 Å². The van der Waals surface area contributed by atoms with Crippen molar-refractivity contribution < 1.29 is 17.6 Å². The minimum atomic E-state index is -3.92. The Kier molecular flexibility index (Phi) is 6.97. The molecular weight excluding hydrogens is 435 g/mol. The molecule has 0 bridgehead atoms. The highest BCUT2D eigenvalue weighted by molar-refractivity contribution is 7.89. The van der Waals surface area contributed by atoms with E-state index in [4.69, 9.17) is 27.6 Å². The molecule has 0 aliphatic heterocycles. The maximum absolute atomic E-state index is 13.1. The van der Waals surface area contributed by atoms with Gasteiger partial charge in [0.1, 0.15) is 5.76 Å². The number of nitrogens with one attached hydrogen (secondary N) is 1. The third-order valence-corrected chi connectivity index (χ3v) is 6.63. The summed E-state index contributed by atoms with van der Waals surface area (Å²) in [6.07, 6.45) is 1.50. The molecule has 0 atom stereocenters. The standard InChI is InChI=1S/C20H18Cl2N2O4S/c21-18-9-8-15(11-19(18)22)13-24(29(26,27)17-6-2-1-3-7-17)14-20(25)23-12-16-5-4-10-28-16/h1-11H,12-14H2,(H,23,25). The predicted molar refractivity (Wildman–Crippen MR) is 111 cm³/mol. The van der Waals surface area contributed by atoms with Crippen LogP contribution in [0.5, 0.6) is 0 Å². The van der Waals surface area contributed by atoms with E-state index in [1.54, 1.807) is 48.5 Å². The highest BCUT2D eigenvalue weighted by Crippen LogP contribution is 2.25. The Morgan fingerprint density at radius 3 is 2.41 bits per heavy atom. The number of hydrogen-bond acceptors (Lipinski definition) is 4. The van der Waals surface area contributed by atoms with Gasteiger partial charge in [0.05, 0.1) is 34.3 Å². The molecule has 9 heteroatoms. The van der Waals surface area contributed by atoms with E-state index in [0.29, 0.717) is 21.4 Å². The molecule has 29 heavy (non-hydrogen) atoms. The highest BCUT2D eigenvalue weighted by atomic mass is 35.5. The van der Waals surface area contributed by atoms with Crippen molar-refractivity contribution in [3.05, 3.63) is 88.3 Å². The van der Waals surface area contributed by atoms with E-state index in [1.807, 2.05) is 0 Å². The van der Waals surface area contributed by atoms with Crippen molar-refractivity contribution in [2.75, 3.05) is 6.54 Å². The maximum Gasteiger partial charge on any atom is 0.243 e. The lowest BCUT2D eigenvalue weighted by molar-refractivity contribution is -0.121. The molecule has 0 fully saturated rings. The lowest BCUT2D eigenvalue weighted by atomic mass is 10.2. The van der Waals surface area contributed by atoms with Crippen molar-refractivity contribution in [3.8, 4) is 0 Å². The second-order valence-electron chi connectivity index (χ2n) is 6.19. The summed E-state index contributed by atoms with van der Waals surface area (Å²) in [6.45, 7) is -0.238. The zero-order valence-electron chi connectivity index (χ0n) is 15.2. The van der Waals surface area contributed by atoms with E-state index in [-0.39, 0.29) is 24.5 Å². The summed E-state index contributed by atoms with van der Waals surface area (Å²) in [5.74, 6) is 0.112. The van der Waals surface area contributed by atoms with Crippen LogP contribution in [0.25, 0.3) is 0 Å². The first-order valence-corrected chi connectivity index (χ1v) is 10.8. The Labute approximate surface area is 179 Å². The van der Waals surface area contributed by atoms with Crippen molar-refractivity contribution in [2.24, 2.45) is 0 Å². The largest absolute Gasteiger partial charge is 0.467 e. The number of hydrogen-bond donors (Lipinski definition) is 1. The van der Waals surface area contributed by atoms with Gasteiger partial charge in [-0.05, 0) is 42.0 Å². The summed E-state index contributed by atoms with van der Waals surface area (Å²) in [7, 11) is -3.92. The molecule has 0 saturated carbocycles. The summed E-state index contributed by atoms with van der Waals surface area (Å²) < 4.78 is 32.5. The van der Waals surface area contributed by atoms with E-state index in [9.17, 15) is 13.2 Å². The van der Waals surface area contributed by atoms with Crippen LogP contribution in [-0.2, 0) is 27.9 Å². The predicted octanol–water partition coefficient (Wildman–Crippen LogP) is 4.09. The lowest BCUT2D eigenvalue weighted by Crippen LogP contribution is -2.40. The minimum absolute atomic E-state index is 0.0394. The zero-order chi connectivity index (χ0) is 20.9. The van der Waals surface area contributed by atoms with E-state index < -0.39 is 15.9 Å². The van der Waals surface area contributed by atoms with Crippen LogP contribution < -0.4 is 5.32 Å². The van der Waals surface area contributed by atoms with Gasteiger partial charge < -0.3 is 9.73 Å². The zero-order valence-corrected chi connectivity index (χ0v) is 17.5. The third kappa shape index (κ3) is 5.61. The first kappa shape index (κ1) is 21.4. The minimum Gasteiger partial charge on any atom is -0.467 e. The molecule has 0 radical (unpaired) electrons. The molecule has 0 unspecified atom stereocenters. The molecule has 152 valence electrons. The Bertz CT molecular complexity index is 1070. The molecular formula is C20H18Cl2N2O4S. The fraction of sp³-hybridized carbons (Fsp3) is 0.150. The molecule has 1 amide bonds. The maximum atomic E-state index is 13.1. The van der Waals surface area contributed by atoms with Gasteiger partial charge in [-0.2, -0.15) is 4.31 Å². The number of benzene rings is 2. The summed E-state index contributed by atoms with van der Waals surface area (Å²) in [5, 5.41) is 3.33. The van der Waals surface area contributed by atoms with Gasteiger partial charge in [0.2, 0.25) is 15.9 Å². The van der Waals surface area contributed by atoms with E-state index in [0.717, 1.165) is 4.31 Å². The summed E-state index contributed by atoms with van der Waals surface area (Å²) in [6, 6.07) is 16.2. The number of nitrogens with zero attached hydrogens (tertiary/aromatic N) is 1. The van der Waals surface area contributed by atoms with E-state index in [2.05, 4.69) is 5.32 Å². The van der Waals surface area contributed by atoms with Crippen LogP contribution in [0.1, 0.15) is 11.3 Å². The van der Waals surface area contributed by atoms with Crippen LogP contribution in [0.4, 0.5) is 0 Å². The second kappa shape index (κ2) is 9.45. The number of furan rings is 1. The van der Waals surface area contributed by atoms with Gasteiger partial charge in [-0.25, -0.2) is 8.42 Å². The number of halogens is 2. The van der Waals surface area contributed by atoms with Crippen molar-refractivity contribution in [1.82, 2.24) is 9.62 Å². The fourth-order valence-corrected chi connectivity index (χ4v) is 4.35. The van der Waals surface area contributed by atoms with Gasteiger partial charge in [-0.1, -0.05) is 47.5 Å². The molecule has 2 aromatic carbocycles. The molecule has 0 aliphatic carbocycles. The smallest absolute Gasteiger partial charge is 0.243 e. The first-order valence-electron chi connectivity index (χ1n) is 8.64. The normalized spacial score (nSPS) is 11.6. The number of sulfonamides is 1. The third-order valence-electron chi connectivity index (χ3n) is 4.08. The van der Waals surface area contributed by atoms with E-state index in [1.165, 1.54) is 18.4 Å². The topological polar surface area (TPSA) is 79.6 Å². The molecule has 0 saturated heterocycles. The molecule has 1 heterocycles. The number of amides is 1. The second-order valence-corrected chi connectivity index (χ2v) is 8.94. The molecule has 1 N–H and O–H groups in total. The summed E-state index contributed by atoms with van der Waals surface area (Å²) >= 11 is 12.0. The Hall–Kier alpha value is -2.32. The van der Waals surface area contributed by atoms with Gasteiger partial charge in [-0.15, -0.1) is 0 Å². The quantitative estimate of drug-likeness (QED) is 0.557. The van der Waals surface area contributed by atoms with Gasteiger partial charge in [0.25, 0.3) is 0 Å². The van der Waals surface area contributed by atoms with Crippen LogP contribution in [0.3, 0.4) is 0 Å². The number of carbonyl (C=O) groups is 1. The molecule has 6 nitrogen and oxygen atoms in total. The van der Waals surface area contributed by atoms with Gasteiger partial charge >= 0.3 is 0 Å². The number of rotatable bonds is 8. The van der Waals surface area contributed by atoms with Crippen molar-refractivity contribution >= 4 is 39.1 Å². The summed E-state index contributed by atoms with van der Waals surface area (Å²) in [4.78, 5) is 12.5. The van der Waals surface area contributed by atoms with Gasteiger partial charge in [0.15, 0.2) is 0 Å². The number of carbonyl (C=O) groups excluding carboxylic acids is 1. The van der Waals surface area contributed by atoms with E-state index >= 15 is 0 Å². The Morgan fingerprint density at radius 2 is 1.76 bits per heavy atom. The molecule has 0 spiro atoms. The monoisotopic (exact) mass is 452 g/mol. The van der Waals surface area contributed by atoms with Gasteiger partial charge in [0, 0.05) is 6.54 Å². The highest BCUT2D eigenvalue weighted by Gasteiger charge is 2.27. The van der Waals surface area contributed by atoms with Crippen LogP contribution in [0, 0.1) is 0 Å². The SMILES string of the molecule is O=C(CN(Cc1ccc(Cl)c(Cl)c1)S(=O)(=O)c1ccccc1)NCc1ccco1. The molecule has 0 aliphatic rings. The van der Waals surface area contributed by atoms with Crippen LogP contribution >= 0.6 is 23.2 Å². The van der Waals surface area contributed by atoms with Crippen molar-refractivity contribution in [2.45, 2.75) is 18.0 Å². The lowest BCUT2D eigenvalue weighted by Gasteiger charge is -2.22. The summed E-state index contributed by atoms with van der Waals surface area (Å²) in [5.41, 5.74) is 0.609. The molecule has 3 aromatic rings. The average Bonchev–Trinajstić information content (AvgIpc) is 3.23. The van der Waals surface area contributed by atoms with Crippen molar-refractivity contribution in [3.63, 3.8) is 0 Å². The van der Waals surface area contributed by atoms with Crippen LogP contribution in [0.15, 0.2) is 76.2 Å².